The van der Waals surface area contributed by atoms with Gasteiger partial charge in [-0.25, -0.2) is 0 Å². The summed E-state index contributed by atoms with van der Waals surface area (Å²) in [6.45, 7) is 9.26. The number of ether oxygens (including phenoxy) is 2. The van der Waals surface area contributed by atoms with Crippen molar-refractivity contribution in [2.24, 2.45) is 0 Å². The molecule has 0 unspecified atom stereocenters. The number of rotatable bonds is 12. The van der Waals surface area contributed by atoms with Gasteiger partial charge in [-0.05, 0) is 63.4 Å². The largest absolute Gasteiger partial charge is 0.495 e. The molecule has 0 bridgehead atoms. The fourth-order valence-electron chi connectivity index (χ4n) is 4.46. The molecule has 1 heterocycles. The van der Waals surface area contributed by atoms with Crippen LogP contribution in [0.25, 0.3) is 11.1 Å². The first-order valence-corrected chi connectivity index (χ1v) is 13.6. The highest BCUT2D eigenvalue weighted by molar-refractivity contribution is 6.31. The van der Waals surface area contributed by atoms with Crippen molar-refractivity contribution in [3.05, 3.63) is 86.8 Å². The zero-order valence-electron chi connectivity index (χ0n) is 23.9. The third kappa shape index (κ3) is 7.77. The minimum atomic E-state index is -0.832. The molecule has 2 aromatic carbocycles. The minimum absolute atomic E-state index is 0.0291. The monoisotopic (exact) mass is 565 g/mol. The molecule has 0 amide bonds. The van der Waals surface area contributed by atoms with Crippen LogP contribution >= 0.6 is 11.6 Å². The molecular formula is C32H36ClNO6. The molecule has 0 aliphatic carbocycles. The first-order chi connectivity index (χ1) is 18.8. The number of carbonyl (C=O) groups is 3. The number of hydrogen-bond donors (Lipinski definition) is 0. The van der Waals surface area contributed by atoms with Crippen LogP contribution in [0, 0.1) is 0 Å². The molecule has 1 atom stereocenters. The first kappa shape index (κ1) is 31.0. The van der Waals surface area contributed by atoms with Crippen molar-refractivity contribution in [3.8, 4) is 16.9 Å². The number of hydrogen-bond acceptors (Lipinski definition) is 6. The quantitative estimate of drug-likeness (QED) is 0.232. The SMILES string of the molecule is CCC(=O)c1ccc(CC(=O)[C@H](CCOC(C)(C)C)n2cc(OC)c(-c3cc(Cl)ccc3C(C)=O)cc2=O)cc1. The first-order valence-electron chi connectivity index (χ1n) is 13.2. The number of benzene rings is 2. The van der Waals surface area contributed by atoms with Crippen molar-refractivity contribution >= 4 is 29.0 Å². The molecule has 7 nitrogen and oxygen atoms in total. The number of aromatic nitrogens is 1. The van der Waals surface area contributed by atoms with E-state index in [4.69, 9.17) is 21.1 Å². The van der Waals surface area contributed by atoms with Crippen LogP contribution in [-0.4, -0.2) is 41.2 Å². The summed E-state index contributed by atoms with van der Waals surface area (Å²) in [5.74, 6) is -0.0177. The maximum atomic E-state index is 13.7. The molecular weight excluding hydrogens is 530 g/mol. The molecule has 0 aliphatic rings. The van der Waals surface area contributed by atoms with Gasteiger partial charge in [0.1, 0.15) is 5.75 Å². The number of ketones is 3. The van der Waals surface area contributed by atoms with Crippen LogP contribution in [0.15, 0.2) is 59.5 Å². The highest BCUT2D eigenvalue weighted by Gasteiger charge is 2.25. The lowest BCUT2D eigenvalue weighted by Crippen LogP contribution is -2.32. The average Bonchev–Trinajstić information content (AvgIpc) is 2.90. The lowest BCUT2D eigenvalue weighted by molar-refractivity contribution is -0.122. The van der Waals surface area contributed by atoms with Crippen molar-refractivity contribution in [3.63, 3.8) is 0 Å². The van der Waals surface area contributed by atoms with Crippen molar-refractivity contribution in [1.29, 1.82) is 0 Å². The van der Waals surface area contributed by atoms with E-state index in [1.165, 1.54) is 30.9 Å². The van der Waals surface area contributed by atoms with Gasteiger partial charge in [0.25, 0.3) is 5.56 Å². The number of pyridine rings is 1. The van der Waals surface area contributed by atoms with E-state index < -0.39 is 17.2 Å². The second-order valence-corrected chi connectivity index (χ2v) is 11.1. The second-order valence-electron chi connectivity index (χ2n) is 10.6. The van der Waals surface area contributed by atoms with Crippen LogP contribution in [0.5, 0.6) is 5.75 Å². The maximum absolute atomic E-state index is 13.7. The zero-order valence-corrected chi connectivity index (χ0v) is 24.6. The van der Waals surface area contributed by atoms with E-state index >= 15 is 0 Å². The summed E-state index contributed by atoms with van der Waals surface area (Å²) in [4.78, 5) is 51.5. The fraction of sp³-hybridized carbons (Fsp3) is 0.375. The Bertz CT molecular complexity index is 1450. The Hall–Kier alpha value is -3.55. The highest BCUT2D eigenvalue weighted by atomic mass is 35.5. The number of halogens is 1. The molecule has 0 saturated heterocycles. The molecule has 40 heavy (non-hydrogen) atoms. The summed E-state index contributed by atoms with van der Waals surface area (Å²) in [5, 5.41) is 0.408. The van der Waals surface area contributed by atoms with Crippen LogP contribution in [0.1, 0.15) is 79.8 Å². The van der Waals surface area contributed by atoms with E-state index in [1.54, 1.807) is 49.4 Å². The summed E-state index contributed by atoms with van der Waals surface area (Å²) >= 11 is 6.22. The van der Waals surface area contributed by atoms with E-state index in [0.717, 1.165) is 5.56 Å². The zero-order chi connectivity index (χ0) is 29.6. The van der Waals surface area contributed by atoms with Crippen molar-refractivity contribution in [1.82, 2.24) is 4.57 Å². The molecule has 3 rings (SSSR count). The summed E-state index contributed by atoms with van der Waals surface area (Å²) in [6.07, 6.45) is 2.24. The predicted molar refractivity (Wildman–Crippen MR) is 157 cm³/mol. The van der Waals surface area contributed by atoms with Crippen LogP contribution in [0.4, 0.5) is 0 Å². The van der Waals surface area contributed by atoms with Crippen LogP contribution in [-0.2, 0) is 16.0 Å². The molecule has 0 aliphatic heterocycles. The van der Waals surface area contributed by atoms with Crippen LogP contribution in [0.2, 0.25) is 5.02 Å². The third-order valence-corrected chi connectivity index (χ3v) is 6.76. The molecule has 0 radical (unpaired) electrons. The molecule has 3 aromatic rings. The van der Waals surface area contributed by atoms with Gasteiger partial charge >= 0.3 is 0 Å². The maximum Gasteiger partial charge on any atom is 0.252 e. The van der Waals surface area contributed by atoms with Crippen molar-refractivity contribution in [2.75, 3.05) is 13.7 Å². The van der Waals surface area contributed by atoms with E-state index in [0.29, 0.717) is 39.4 Å². The number of carbonyl (C=O) groups excluding carboxylic acids is 3. The Labute approximate surface area is 240 Å². The van der Waals surface area contributed by atoms with Gasteiger partial charge < -0.3 is 14.0 Å². The summed E-state index contributed by atoms with van der Waals surface area (Å²) < 4.78 is 12.9. The van der Waals surface area contributed by atoms with E-state index in [-0.39, 0.29) is 36.8 Å². The summed E-state index contributed by atoms with van der Waals surface area (Å²) in [7, 11) is 1.46. The molecule has 1 aromatic heterocycles. The van der Waals surface area contributed by atoms with Gasteiger partial charge in [-0.3, -0.25) is 19.2 Å². The van der Waals surface area contributed by atoms with Crippen molar-refractivity contribution < 1.29 is 23.9 Å². The van der Waals surface area contributed by atoms with Gasteiger partial charge in [-0.1, -0.05) is 42.8 Å². The molecule has 0 spiro atoms. The van der Waals surface area contributed by atoms with E-state index in [2.05, 4.69) is 0 Å². The summed E-state index contributed by atoms with van der Waals surface area (Å²) in [6, 6.07) is 12.3. The number of Topliss-reactive ketones (excluding diaryl/α,β-unsaturated/α-hetero) is 3. The Balaban J connectivity index is 2.04. The lowest BCUT2D eigenvalue weighted by Gasteiger charge is -2.24. The predicted octanol–water partition coefficient (Wildman–Crippen LogP) is 6.53. The molecule has 8 heteroatoms. The Morgan fingerprint density at radius 3 is 2.25 bits per heavy atom. The summed E-state index contributed by atoms with van der Waals surface area (Å²) in [5.41, 5.74) is 1.76. The Morgan fingerprint density at radius 1 is 1.00 bits per heavy atom. The molecule has 0 N–H and O–H groups in total. The number of nitrogens with zero attached hydrogens (tertiary/aromatic N) is 1. The van der Waals surface area contributed by atoms with Gasteiger partial charge in [0.05, 0.1) is 24.9 Å². The smallest absolute Gasteiger partial charge is 0.252 e. The topological polar surface area (TPSA) is 91.7 Å². The van der Waals surface area contributed by atoms with Crippen molar-refractivity contribution in [2.45, 2.75) is 65.5 Å². The standard InChI is InChI=1S/C32H36ClNO6/c1-7-28(36)22-10-8-21(9-11-22)16-29(37)27(14-15-40-32(3,4)5)34-19-30(39-6)26(18-31(34)38)25-17-23(33)12-13-24(25)20(2)35/h8-13,17-19,27H,7,14-16H2,1-6H3/t27-/m0/s1. The molecule has 0 saturated carbocycles. The Kier molecular flexibility index (Phi) is 10.2. The van der Waals surface area contributed by atoms with Gasteiger partial charge in [-0.15, -0.1) is 0 Å². The lowest BCUT2D eigenvalue weighted by atomic mass is 9.96. The fourth-order valence-corrected chi connectivity index (χ4v) is 4.63. The van der Waals surface area contributed by atoms with Gasteiger partial charge in [-0.2, -0.15) is 0 Å². The highest BCUT2D eigenvalue weighted by Crippen LogP contribution is 2.34. The average molecular weight is 566 g/mol. The van der Waals surface area contributed by atoms with E-state index in [9.17, 15) is 19.2 Å². The Morgan fingerprint density at radius 2 is 1.68 bits per heavy atom. The second kappa shape index (κ2) is 13.2. The minimum Gasteiger partial charge on any atom is -0.495 e. The molecule has 0 fully saturated rings. The van der Waals surface area contributed by atoms with E-state index in [1.807, 2.05) is 20.8 Å². The van der Waals surface area contributed by atoms with Gasteiger partial charge in [0.15, 0.2) is 17.3 Å². The molecule has 212 valence electrons. The third-order valence-electron chi connectivity index (χ3n) is 6.52. The van der Waals surface area contributed by atoms with Crippen LogP contribution < -0.4 is 10.3 Å². The number of methoxy groups -OCH3 is 1. The van der Waals surface area contributed by atoms with Gasteiger partial charge in [0.2, 0.25) is 0 Å². The normalized spacial score (nSPS) is 12.2. The van der Waals surface area contributed by atoms with Gasteiger partial charge in [0, 0.05) is 47.2 Å². The van der Waals surface area contributed by atoms with Crippen LogP contribution in [0.3, 0.4) is 0 Å².